The minimum absolute atomic E-state index is 0.174. The van der Waals surface area contributed by atoms with E-state index < -0.39 is 0 Å². The molecule has 1 amide bonds. The number of fused-ring (bicyclic) bond motifs is 1. The van der Waals surface area contributed by atoms with Crippen molar-refractivity contribution in [2.24, 2.45) is 0 Å². The summed E-state index contributed by atoms with van der Waals surface area (Å²) in [7, 11) is 0. The van der Waals surface area contributed by atoms with Crippen LogP contribution in [0.25, 0.3) is 10.2 Å². The maximum Gasteiger partial charge on any atom is 0.224 e. The van der Waals surface area contributed by atoms with Crippen molar-refractivity contribution in [1.29, 1.82) is 0 Å². The Bertz CT molecular complexity index is 1000. The Labute approximate surface area is 179 Å². The standard InChI is InChI=1S/C21H24ClN5OS/c1-2-17-13-18-20(24-14-25-21(18)29-17)23-7-6-19(28)27-10-8-26(9-11-27)16-5-3-4-15(22)12-16/h3-5,12-14H,2,6-11H2,1H3,(H,23,24,25). The van der Waals surface area contributed by atoms with Gasteiger partial charge < -0.3 is 15.1 Å². The van der Waals surface area contributed by atoms with Crippen LogP contribution in [0.1, 0.15) is 18.2 Å². The summed E-state index contributed by atoms with van der Waals surface area (Å²) in [5, 5.41) is 5.10. The van der Waals surface area contributed by atoms with Crippen molar-refractivity contribution < 1.29 is 4.79 Å². The van der Waals surface area contributed by atoms with E-state index >= 15 is 0 Å². The zero-order chi connectivity index (χ0) is 20.2. The van der Waals surface area contributed by atoms with E-state index in [1.807, 2.05) is 23.1 Å². The Hall–Kier alpha value is -2.38. The summed E-state index contributed by atoms with van der Waals surface area (Å²) in [5.41, 5.74) is 1.11. The molecule has 8 heteroatoms. The first kappa shape index (κ1) is 19.9. The molecular weight excluding hydrogens is 406 g/mol. The van der Waals surface area contributed by atoms with Crippen molar-refractivity contribution in [2.75, 3.05) is 42.9 Å². The topological polar surface area (TPSA) is 61.4 Å². The molecule has 0 unspecified atom stereocenters. The molecule has 1 aliphatic rings. The van der Waals surface area contributed by atoms with Gasteiger partial charge >= 0.3 is 0 Å². The summed E-state index contributed by atoms with van der Waals surface area (Å²) in [6.45, 7) is 5.80. The van der Waals surface area contributed by atoms with E-state index in [0.717, 1.165) is 59.3 Å². The van der Waals surface area contributed by atoms with E-state index in [0.29, 0.717) is 13.0 Å². The molecule has 29 heavy (non-hydrogen) atoms. The smallest absolute Gasteiger partial charge is 0.224 e. The van der Waals surface area contributed by atoms with E-state index in [1.54, 1.807) is 17.7 Å². The van der Waals surface area contributed by atoms with Crippen LogP contribution in [-0.2, 0) is 11.2 Å². The van der Waals surface area contributed by atoms with Gasteiger partial charge in [0.15, 0.2) is 0 Å². The van der Waals surface area contributed by atoms with E-state index in [1.165, 1.54) is 4.88 Å². The summed E-state index contributed by atoms with van der Waals surface area (Å²) < 4.78 is 0. The molecule has 6 nitrogen and oxygen atoms in total. The van der Waals surface area contributed by atoms with Crippen LogP contribution in [-0.4, -0.2) is 53.5 Å². The molecule has 3 aromatic rings. The number of nitrogens with zero attached hydrogens (tertiary/aromatic N) is 4. The maximum absolute atomic E-state index is 12.6. The van der Waals surface area contributed by atoms with Crippen molar-refractivity contribution >= 4 is 50.6 Å². The van der Waals surface area contributed by atoms with Crippen LogP contribution in [0.4, 0.5) is 11.5 Å². The number of anilines is 2. The van der Waals surface area contributed by atoms with E-state index in [4.69, 9.17) is 11.6 Å². The van der Waals surface area contributed by atoms with E-state index in [-0.39, 0.29) is 5.91 Å². The van der Waals surface area contributed by atoms with Crippen molar-refractivity contribution in [3.05, 3.63) is 46.6 Å². The third kappa shape index (κ3) is 4.62. The van der Waals surface area contributed by atoms with Gasteiger partial charge in [-0.1, -0.05) is 24.6 Å². The number of piperazine rings is 1. The molecule has 152 valence electrons. The number of carbonyl (C=O) groups excluding carboxylic acids is 1. The Balaban J connectivity index is 1.28. The van der Waals surface area contributed by atoms with Crippen LogP contribution >= 0.6 is 22.9 Å². The predicted octanol–water partition coefficient (Wildman–Crippen LogP) is 4.06. The number of amides is 1. The largest absolute Gasteiger partial charge is 0.369 e. The first-order valence-electron chi connectivity index (χ1n) is 9.89. The van der Waals surface area contributed by atoms with Gasteiger partial charge in [-0.2, -0.15) is 0 Å². The number of rotatable bonds is 6. The summed E-state index contributed by atoms with van der Waals surface area (Å²) >= 11 is 7.78. The van der Waals surface area contributed by atoms with Gasteiger partial charge in [0, 0.05) is 54.7 Å². The third-order valence-electron chi connectivity index (χ3n) is 5.17. The molecule has 0 bridgehead atoms. The third-order valence-corrected chi connectivity index (χ3v) is 6.59. The molecule has 0 spiro atoms. The fraction of sp³-hybridized carbons (Fsp3) is 0.381. The minimum atomic E-state index is 0.174. The summed E-state index contributed by atoms with van der Waals surface area (Å²) in [6, 6.07) is 10.0. The van der Waals surface area contributed by atoms with Crippen molar-refractivity contribution in [3.63, 3.8) is 0 Å². The fourth-order valence-electron chi connectivity index (χ4n) is 3.55. The molecule has 0 atom stereocenters. The highest BCUT2D eigenvalue weighted by Gasteiger charge is 2.21. The average Bonchev–Trinajstić information content (AvgIpc) is 3.18. The quantitative estimate of drug-likeness (QED) is 0.640. The summed E-state index contributed by atoms with van der Waals surface area (Å²) in [4.78, 5) is 27.8. The van der Waals surface area contributed by atoms with Gasteiger partial charge in [0.1, 0.15) is 17.0 Å². The highest BCUT2D eigenvalue weighted by atomic mass is 35.5. The Morgan fingerprint density at radius 1 is 1.21 bits per heavy atom. The van der Waals surface area contributed by atoms with Gasteiger partial charge in [-0.05, 0) is 30.7 Å². The van der Waals surface area contributed by atoms with Crippen LogP contribution in [0, 0.1) is 0 Å². The second kappa shape index (κ2) is 8.97. The highest BCUT2D eigenvalue weighted by molar-refractivity contribution is 7.18. The monoisotopic (exact) mass is 429 g/mol. The maximum atomic E-state index is 12.6. The normalized spacial score (nSPS) is 14.4. The number of thiophene rings is 1. The Kier molecular flexibility index (Phi) is 6.16. The molecule has 1 aromatic carbocycles. The first-order valence-corrected chi connectivity index (χ1v) is 11.1. The molecule has 1 aliphatic heterocycles. The molecule has 1 fully saturated rings. The lowest BCUT2D eigenvalue weighted by Gasteiger charge is -2.36. The zero-order valence-corrected chi connectivity index (χ0v) is 18.0. The predicted molar refractivity (Wildman–Crippen MR) is 120 cm³/mol. The fourth-order valence-corrected chi connectivity index (χ4v) is 4.67. The van der Waals surface area contributed by atoms with Gasteiger partial charge in [-0.3, -0.25) is 4.79 Å². The number of hydrogen-bond acceptors (Lipinski definition) is 6. The molecule has 0 radical (unpaired) electrons. The molecule has 0 aliphatic carbocycles. The van der Waals surface area contributed by atoms with Gasteiger partial charge in [0.25, 0.3) is 0 Å². The molecular formula is C21H24ClN5OS. The van der Waals surface area contributed by atoms with E-state index in [9.17, 15) is 4.79 Å². The average molecular weight is 430 g/mol. The number of hydrogen-bond donors (Lipinski definition) is 1. The number of benzene rings is 1. The second-order valence-corrected chi connectivity index (χ2v) is 8.58. The van der Waals surface area contributed by atoms with Gasteiger partial charge in [0.2, 0.25) is 5.91 Å². The number of halogens is 1. The van der Waals surface area contributed by atoms with Crippen LogP contribution < -0.4 is 10.2 Å². The molecule has 3 heterocycles. The number of carbonyl (C=O) groups is 1. The lowest BCUT2D eigenvalue weighted by molar-refractivity contribution is -0.131. The van der Waals surface area contributed by atoms with Crippen molar-refractivity contribution in [1.82, 2.24) is 14.9 Å². The number of aryl methyl sites for hydroxylation is 1. The van der Waals surface area contributed by atoms with Crippen LogP contribution in [0.2, 0.25) is 5.02 Å². The Morgan fingerprint density at radius 2 is 2.03 bits per heavy atom. The summed E-state index contributed by atoms with van der Waals surface area (Å²) in [5.74, 6) is 0.984. The van der Waals surface area contributed by atoms with Crippen molar-refractivity contribution in [3.8, 4) is 0 Å². The molecule has 1 saturated heterocycles. The van der Waals surface area contributed by atoms with Crippen LogP contribution in [0.15, 0.2) is 36.7 Å². The second-order valence-electron chi connectivity index (χ2n) is 7.03. The highest BCUT2D eigenvalue weighted by Crippen LogP contribution is 2.28. The molecule has 4 rings (SSSR count). The van der Waals surface area contributed by atoms with Gasteiger partial charge in [0.05, 0.1) is 5.39 Å². The molecule has 2 aromatic heterocycles. The van der Waals surface area contributed by atoms with Gasteiger partial charge in [-0.15, -0.1) is 11.3 Å². The van der Waals surface area contributed by atoms with Crippen molar-refractivity contribution in [2.45, 2.75) is 19.8 Å². The first-order chi connectivity index (χ1) is 14.1. The molecule has 0 saturated carbocycles. The minimum Gasteiger partial charge on any atom is -0.369 e. The zero-order valence-electron chi connectivity index (χ0n) is 16.4. The van der Waals surface area contributed by atoms with Crippen LogP contribution in [0.5, 0.6) is 0 Å². The number of aromatic nitrogens is 2. The summed E-state index contributed by atoms with van der Waals surface area (Å²) in [6.07, 6.45) is 3.02. The lowest BCUT2D eigenvalue weighted by Crippen LogP contribution is -2.49. The van der Waals surface area contributed by atoms with Crippen LogP contribution in [0.3, 0.4) is 0 Å². The number of nitrogens with one attached hydrogen (secondary N) is 1. The van der Waals surface area contributed by atoms with E-state index in [2.05, 4.69) is 39.2 Å². The SMILES string of the molecule is CCc1cc2c(NCCC(=O)N3CCN(c4cccc(Cl)c4)CC3)ncnc2s1. The lowest BCUT2D eigenvalue weighted by atomic mass is 10.2. The molecule has 1 N–H and O–H groups in total. The Morgan fingerprint density at radius 3 is 2.79 bits per heavy atom. The van der Waals surface area contributed by atoms with Gasteiger partial charge in [-0.25, -0.2) is 9.97 Å².